The second-order valence-electron chi connectivity index (χ2n) is 5.47. The molecule has 7 heteroatoms. The van der Waals surface area contributed by atoms with Gasteiger partial charge >= 0.3 is 0 Å². The Morgan fingerprint density at radius 3 is 2.57 bits per heavy atom. The first-order chi connectivity index (χ1) is 11.0. The number of anilines is 2. The van der Waals surface area contributed by atoms with Crippen LogP contribution in [0.15, 0.2) is 24.3 Å². The van der Waals surface area contributed by atoms with Gasteiger partial charge in [0.2, 0.25) is 5.95 Å². The number of carbonyl (C=O) groups is 1. The van der Waals surface area contributed by atoms with Gasteiger partial charge in [-0.05, 0) is 44.0 Å². The first kappa shape index (κ1) is 16.0. The third-order valence-electron chi connectivity index (χ3n) is 3.64. The number of nitrogens with zero attached hydrogens (tertiary/aromatic N) is 3. The van der Waals surface area contributed by atoms with Crippen LogP contribution in [0, 0.1) is 6.92 Å². The van der Waals surface area contributed by atoms with Gasteiger partial charge in [0.1, 0.15) is 5.69 Å². The Labute approximate surface area is 144 Å². The van der Waals surface area contributed by atoms with Gasteiger partial charge in [-0.15, -0.1) is 0 Å². The van der Waals surface area contributed by atoms with E-state index in [-0.39, 0.29) is 5.91 Å². The van der Waals surface area contributed by atoms with Crippen molar-refractivity contribution in [1.29, 1.82) is 0 Å². The number of nitrogens with one attached hydrogen (secondary N) is 1. The molecule has 0 saturated carbocycles. The summed E-state index contributed by atoms with van der Waals surface area (Å²) in [5, 5.41) is 3.98. The summed E-state index contributed by atoms with van der Waals surface area (Å²) in [5.74, 6) is 0.316. The number of hydrogen-bond donors (Lipinski definition) is 1. The van der Waals surface area contributed by atoms with Crippen molar-refractivity contribution in [3.8, 4) is 0 Å². The van der Waals surface area contributed by atoms with Crippen LogP contribution in [0.3, 0.4) is 0 Å². The average molecular weight is 351 g/mol. The maximum Gasteiger partial charge on any atom is 0.272 e. The van der Waals surface area contributed by atoms with E-state index in [1.807, 2.05) is 11.8 Å². The predicted octanol–water partition coefficient (Wildman–Crippen LogP) is 4.07. The summed E-state index contributed by atoms with van der Waals surface area (Å²) in [4.78, 5) is 23.0. The van der Waals surface area contributed by atoms with E-state index < -0.39 is 0 Å². The van der Waals surface area contributed by atoms with E-state index in [9.17, 15) is 4.79 Å². The molecule has 120 valence electrons. The Kier molecular flexibility index (Phi) is 4.68. The van der Waals surface area contributed by atoms with Gasteiger partial charge in [0.05, 0.1) is 10.0 Å². The van der Waals surface area contributed by atoms with Crippen LogP contribution in [0.4, 0.5) is 11.6 Å². The van der Waals surface area contributed by atoms with Gasteiger partial charge in [-0.1, -0.05) is 23.2 Å². The molecule has 2 aromatic rings. The van der Waals surface area contributed by atoms with Crippen molar-refractivity contribution >= 4 is 40.7 Å². The smallest absolute Gasteiger partial charge is 0.272 e. The maximum absolute atomic E-state index is 12.5. The van der Waals surface area contributed by atoms with E-state index in [1.165, 1.54) is 0 Å². The Morgan fingerprint density at radius 1 is 1.13 bits per heavy atom. The van der Waals surface area contributed by atoms with Gasteiger partial charge in [-0.2, -0.15) is 0 Å². The SMILES string of the molecule is Cc1cc(C(=O)N2CCCC2)nc(Nc2ccc(Cl)c(Cl)c2)n1. The van der Waals surface area contributed by atoms with E-state index in [1.54, 1.807) is 24.3 Å². The van der Waals surface area contributed by atoms with Crippen LogP contribution in [-0.4, -0.2) is 33.9 Å². The van der Waals surface area contributed by atoms with Gasteiger partial charge in [-0.3, -0.25) is 4.79 Å². The lowest BCUT2D eigenvalue weighted by molar-refractivity contribution is 0.0787. The molecule has 23 heavy (non-hydrogen) atoms. The topological polar surface area (TPSA) is 58.1 Å². The number of hydrogen-bond acceptors (Lipinski definition) is 4. The number of amides is 1. The van der Waals surface area contributed by atoms with Gasteiger partial charge in [0.25, 0.3) is 5.91 Å². The minimum Gasteiger partial charge on any atom is -0.337 e. The fraction of sp³-hybridized carbons (Fsp3) is 0.312. The van der Waals surface area contributed by atoms with Gasteiger partial charge in [0, 0.05) is 24.5 Å². The monoisotopic (exact) mass is 350 g/mol. The molecule has 1 aromatic carbocycles. The molecule has 5 nitrogen and oxygen atoms in total. The van der Waals surface area contributed by atoms with E-state index in [0.29, 0.717) is 27.4 Å². The summed E-state index contributed by atoms with van der Waals surface area (Å²) in [6, 6.07) is 6.87. The second kappa shape index (κ2) is 6.72. The summed E-state index contributed by atoms with van der Waals surface area (Å²) in [6.45, 7) is 3.41. The average Bonchev–Trinajstić information content (AvgIpc) is 3.04. The molecule has 3 rings (SSSR count). The highest BCUT2D eigenvalue weighted by Crippen LogP contribution is 2.26. The zero-order valence-electron chi connectivity index (χ0n) is 12.6. The maximum atomic E-state index is 12.5. The molecule has 2 heterocycles. The van der Waals surface area contributed by atoms with Crippen LogP contribution in [0.2, 0.25) is 10.0 Å². The standard InChI is InChI=1S/C16H16Cl2N4O/c1-10-8-14(15(23)22-6-2-3-7-22)21-16(19-10)20-11-4-5-12(17)13(18)9-11/h4-5,8-9H,2-3,6-7H2,1H3,(H,19,20,21). The number of aromatic nitrogens is 2. The predicted molar refractivity (Wildman–Crippen MR) is 91.7 cm³/mol. The highest BCUT2D eigenvalue weighted by Gasteiger charge is 2.21. The summed E-state index contributed by atoms with van der Waals surface area (Å²) < 4.78 is 0. The van der Waals surface area contributed by atoms with E-state index in [0.717, 1.165) is 31.6 Å². The number of carbonyl (C=O) groups excluding carboxylic acids is 1. The van der Waals surface area contributed by atoms with Crippen molar-refractivity contribution in [3.05, 3.63) is 45.7 Å². The van der Waals surface area contributed by atoms with Crippen LogP contribution < -0.4 is 5.32 Å². The molecule has 1 fully saturated rings. The van der Waals surface area contributed by atoms with Crippen molar-refractivity contribution in [3.63, 3.8) is 0 Å². The van der Waals surface area contributed by atoms with Crippen LogP contribution in [0.1, 0.15) is 29.0 Å². The summed E-state index contributed by atoms with van der Waals surface area (Å²) in [6.07, 6.45) is 2.09. The number of aryl methyl sites for hydroxylation is 1. The number of halogens is 2. The molecule has 0 aliphatic carbocycles. The molecule has 0 bridgehead atoms. The molecular weight excluding hydrogens is 335 g/mol. The third-order valence-corrected chi connectivity index (χ3v) is 4.38. The Balaban J connectivity index is 1.84. The van der Waals surface area contributed by atoms with Crippen LogP contribution >= 0.6 is 23.2 Å². The highest BCUT2D eigenvalue weighted by molar-refractivity contribution is 6.42. The van der Waals surface area contributed by atoms with E-state index >= 15 is 0 Å². The van der Waals surface area contributed by atoms with Crippen molar-refractivity contribution in [1.82, 2.24) is 14.9 Å². The van der Waals surface area contributed by atoms with Crippen molar-refractivity contribution in [2.24, 2.45) is 0 Å². The summed E-state index contributed by atoms with van der Waals surface area (Å²) >= 11 is 11.9. The number of likely N-dealkylation sites (tertiary alicyclic amines) is 1. The summed E-state index contributed by atoms with van der Waals surface area (Å²) in [7, 11) is 0. The van der Waals surface area contributed by atoms with Crippen LogP contribution in [0.25, 0.3) is 0 Å². The molecular formula is C16H16Cl2N4O. The van der Waals surface area contributed by atoms with Gasteiger partial charge in [0.15, 0.2) is 0 Å². The largest absolute Gasteiger partial charge is 0.337 e. The molecule has 1 amide bonds. The van der Waals surface area contributed by atoms with Crippen molar-refractivity contribution in [2.45, 2.75) is 19.8 Å². The molecule has 1 aliphatic rings. The van der Waals surface area contributed by atoms with E-state index in [4.69, 9.17) is 23.2 Å². The third kappa shape index (κ3) is 3.74. The Morgan fingerprint density at radius 2 is 1.87 bits per heavy atom. The molecule has 0 unspecified atom stereocenters. The molecule has 1 aliphatic heterocycles. The normalized spacial score (nSPS) is 14.1. The van der Waals surface area contributed by atoms with Crippen LogP contribution in [0.5, 0.6) is 0 Å². The van der Waals surface area contributed by atoms with Gasteiger partial charge < -0.3 is 10.2 Å². The lowest BCUT2D eigenvalue weighted by Gasteiger charge is -2.15. The molecule has 1 saturated heterocycles. The lowest BCUT2D eigenvalue weighted by atomic mass is 10.3. The minimum absolute atomic E-state index is 0.0508. The molecule has 0 radical (unpaired) electrons. The quantitative estimate of drug-likeness (QED) is 0.906. The highest BCUT2D eigenvalue weighted by atomic mass is 35.5. The Hall–Kier alpha value is -1.85. The van der Waals surface area contributed by atoms with Crippen molar-refractivity contribution < 1.29 is 4.79 Å². The summed E-state index contributed by atoms with van der Waals surface area (Å²) in [5.41, 5.74) is 1.84. The lowest BCUT2D eigenvalue weighted by Crippen LogP contribution is -2.28. The fourth-order valence-corrected chi connectivity index (χ4v) is 2.82. The minimum atomic E-state index is -0.0508. The molecule has 1 N–H and O–H groups in total. The molecule has 1 aromatic heterocycles. The number of benzene rings is 1. The zero-order valence-corrected chi connectivity index (χ0v) is 14.2. The Bertz CT molecular complexity index is 745. The van der Waals surface area contributed by atoms with Crippen molar-refractivity contribution in [2.75, 3.05) is 18.4 Å². The molecule has 0 atom stereocenters. The van der Waals surface area contributed by atoms with E-state index in [2.05, 4.69) is 15.3 Å². The zero-order chi connectivity index (χ0) is 16.4. The fourth-order valence-electron chi connectivity index (χ4n) is 2.52. The first-order valence-corrected chi connectivity index (χ1v) is 8.15. The second-order valence-corrected chi connectivity index (χ2v) is 6.29. The van der Waals surface area contributed by atoms with Gasteiger partial charge in [-0.25, -0.2) is 9.97 Å². The first-order valence-electron chi connectivity index (χ1n) is 7.40. The van der Waals surface area contributed by atoms with Crippen LogP contribution in [-0.2, 0) is 0 Å². The number of rotatable bonds is 3. The molecule has 0 spiro atoms.